The molecule has 20 heavy (non-hydrogen) atoms. The van der Waals surface area contributed by atoms with E-state index in [1.54, 1.807) is 0 Å². The van der Waals surface area contributed by atoms with Gasteiger partial charge in [-0.3, -0.25) is 0 Å². The van der Waals surface area contributed by atoms with Crippen molar-refractivity contribution in [2.45, 2.75) is 51.0 Å². The van der Waals surface area contributed by atoms with Crippen LogP contribution in [0.5, 0.6) is 0 Å². The van der Waals surface area contributed by atoms with E-state index < -0.39 is 0 Å². The summed E-state index contributed by atoms with van der Waals surface area (Å²) in [6.07, 6.45) is 7.77. The minimum absolute atomic E-state index is 0.187. The van der Waals surface area contributed by atoms with Crippen LogP contribution in [0, 0.1) is 0 Å². The molecule has 1 heterocycles. The molecule has 0 aliphatic carbocycles. The minimum Gasteiger partial charge on any atom is -0.307 e. The van der Waals surface area contributed by atoms with E-state index in [2.05, 4.69) is 54.7 Å². The molecule has 1 unspecified atom stereocenters. The SMILES string of the molecule is CCCC1(c2cccc3ccccc23)CCCCCN1. The molecular weight excluding hydrogens is 242 g/mol. The van der Waals surface area contributed by atoms with Crippen molar-refractivity contribution in [2.24, 2.45) is 0 Å². The van der Waals surface area contributed by atoms with Crippen LogP contribution in [-0.4, -0.2) is 6.54 Å². The van der Waals surface area contributed by atoms with Crippen LogP contribution in [0.2, 0.25) is 0 Å². The molecule has 1 atom stereocenters. The van der Waals surface area contributed by atoms with E-state index in [0.717, 1.165) is 6.54 Å². The van der Waals surface area contributed by atoms with Crippen molar-refractivity contribution >= 4 is 10.8 Å². The summed E-state index contributed by atoms with van der Waals surface area (Å²) in [5.74, 6) is 0. The Morgan fingerprint density at radius 2 is 1.85 bits per heavy atom. The first-order chi connectivity index (χ1) is 9.86. The fraction of sp³-hybridized carbons (Fsp3) is 0.474. The molecule has 0 saturated carbocycles. The number of benzene rings is 2. The van der Waals surface area contributed by atoms with Crippen molar-refractivity contribution in [1.29, 1.82) is 0 Å². The quantitative estimate of drug-likeness (QED) is 0.825. The third-order valence-electron chi connectivity index (χ3n) is 4.73. The lowest BCUT2D eigenvalue weighted by Gasteiger charge is -2.35. The van der Waals surface area contributed by atoms with Gasteiger partial charge in [-0.05, 0) is 42.1 Å². The maximum Gasteiger partial charge on any atom is 0.0440 e. The highest BCUT2D eigenvalue weighted by atomic mass is 15.0. The third kappa shape index (κ3) is 2.47. The summed E-state index contributed by atoms with van der Waals surface area (Å²) in [7, 11) is 0. The maximum absolute atomic E-state index is 3.90. The van der Waals surface area contributed by atoms with E-state index in [4.69, 9.17) is 0 Å². The van der Waals surface area contributed by atoms with E-state index in [-0.39, 0.29) is 5.54 Å². The second-order valence-corrected chi connectivity index (χ2v) is 6.10. The maximum atomic E-state index is 3.90. The van der Waals surface area contributed by atoms with Gasteiger partial charge in [0.25, 0.3) is 0 Å². The van der Waals surface area contributed by atoms with Crippen LogP contribution in [-0.2, 0) is 5.54 Å². The van der Waals surface area contributed by atoms with Gasteiger partial charge in [0.05, 0.1) is 0 Å². The van der Waals surface area contributed by atoms with Crippen LogP contribution in [0.25, 0.3) is 10.8 Å². The van der Waals surface area contributed by atoms with E-state index in [9.17, 15) is 0 Å². The molecule has 1 nitrogen and oxygen atoms in total. The standard InChI is InChI=1S/C19H25N/c1-2-13-19(14-6-3-7-15-20-19)18-12-8-10-16-9-4-5-11-17(16)18/h4-5,8-12,20H,2-3,6-7,13-15H2,1H3. The second kappa shape index (κ2) is 5.97. The average Bonchev–Trinajstić information content (AvgIpc) is 2.73. The Morgan fingerprint density at radius 3 is 2.75 bits per heavy atom. The van der Waals surface area contributed by atoms with Crippen molar-refractivity contribution in [3.63, 3.8) is 0 Å². The highest BCUT2D eigenvalue weighted by Gasteiger charge is 2.32. The van der Waals surface area contributed by atoms with Gasteiger partial charge in [0.15, 0.2) is 0 Å². The van der Waals surface area contributed by atoms with Gasteiger partial charge in [0.1, 0.15) is 0 Å². The molecule has 1 heteroatoms. The minimum atomic E-state index is 0.187. The van der Waals surface area contributed by atoms with Crippen LogP contribution >= 0.6 is 0 Å². The first kappa shape index (κ1) is 13.6. The Kier molecular flexibility index (Phi) is 4.07. The molecule has 2 aromatic rings. The molecular formula is C19H25N. The van der Waals surface area contributed by atoms with Gasteiger partial charge >= 0.3 is 0 Å². The smallest absolute Gasteiger partial charge is 0.0440 e. The number of hydrogen-bond donors (Lipinski definition) is 1. The number of nitrogens with one attached hydrogen (secondary N) is 1. The first-order valence-electron chi connectivity index (χ1n) is 8.09. The van der Waals surface area contributed by atoms with Gasteiger partial charge in [0, 0.05) is 5.54 Å². The summed E-state index contributed by atoms with van der Waals surface area (Å²) in [4.78, 5) is 0. The first-order valence-corrected chi connectivity index (χ1v) is 8.09. The molecule has 0 bridgehead atoms. The lowest BCUT2D eigenvalue weighted by atomic mass is 9.79. The molecule has 3 rings (SSSR count). The summed E-state index contributed by atoms with van der Waals surface area (Å²) in [6.45, 7) is 3.46. The molecule has 0 aromatic heterocycles. The van der Waals surface area contributed by atoms with Crippen molar-refractivity contribution in [3.8, 4) is 0 Å². The molecule has 1 fully saturated rings. The van der Waals surface area contributed by atoms with Crippen LogP contribution in [0.3, 0.4) is 0 Å². The summed E-state index contributed by atoms with van der Waals surface area (Å²) in [5.41, 5.74) is 1.70. The predicted octanol–water partition coefficient (Wildman–Crippen LogP) is 5.00. The normalized spacial score (nSPS) is 23.6. The Balaban J connectivity index is 2.13. The molecule has 1 N–H and O–H groups in total. The Morgan fingerprint density at radius 1 is 1.00 bits per heavy atom. The van der Waals surface area contributed by atoms with Gasteiger partial charge in [-0.1, -0.05) is 68.7 Å². The molecule has 0 amide bonds. The van der Waals surface area contributed by atoms with Crippen LogP contribution in [0.4, 0.5) is 0 Å². The van der Waals surface area contributed by atoms with Crippen LogP contribution in [0.15, 0.2) is 42.5 Å². The third-order valence-corrected chi connectivity index (χ3v) is 4.73. The molecule has 1 aliphatic heterocycles. The second-order valence-electron chi connectivity index (χ2n) is 6.10. The highest BCUT2D eigenvalue weighted by molar-refractivity contribution is 5.86. The van der Waals surface area contributed by atoms with Crippen molar-refractivity contribution in [2.75, 3.05) is 6.54 Å². The lowest BCUT2D eigenvalue weighted by molar-refractivity contribution is 0.300. The van der Waals surface area contributed by atoms with Crippen molar-refractivity contribution < 1.29 is 0 Å². The summed E-state index contributed by atoms with van der Waals surface area (Å²) in [5, 5.41) is 6.70. The summed E-state index contributed by atoms with van der Waals surface area (Å²) in [6, 6.07) is 15.6. The Labute approximate surface area is 122 Å². The van der Waals surface area contributed by atoms with Gasteiger partial charge in [-0.2, -0.15) is 0 Å². The molecule has 0 spiro atoms. The largest absolute Gasteiger partial charge is 0.307 e. The monoisotopic (exact) mass is 267 g/mol. The van der Waals surface area contributed by atoms with Gasteiger partial charge in [0.2, 0.25) is 0 Å². The van der Waals surface area contributed by atoms with E-state index >= 15 is 0 Å². The molecule has 1 saturated heterocycles. The molecule has 0 radical (unpaired) electrons. The topological polar surface area (TPSA) is 12.0 Å². The molecule has 106 valence electrons. The number of hydrogen-bond acceptors (Lipinski definition) is 1. The zero-order chi connectivity index (χ0) is 13.8. The van der Waals surface area contributed by atoms with Crippen molar-refractivity contribution in [1.82, 2.24) is 5.32 Å². The zero-order valence-electron chi connectivity index (χ0n) is 12.5. The Hall–Kier alpha value is -1.34. The number of fused-ring (bicyclic) bond motifs is 1. The zero-order valence-corrected chi connectivity index (χ0v) is 12.5. The van der Waals surface area contributed by atoms with E-state index in [0.29, 0.717) is 0 Å². The lowest BCUT2D eigenvalue weighted by Crippen LogP contribution is -2.41. The average molecular weight is 267 g/mol. The van der Waals surface area contributed by atoms with Gasteiger partial charge < -0.3 is 5.32 Å². The predicted molar refractivity (Wildman–Crippen MR) is 87.0 cm³/mol. The van der Waals surface area contributed by atoms with Gasteiger partial charge in [-0.15, -0.1) is 0 Å². The number of rotatable bonds is 3. The summed E-state index contributed by atoms with van der Waals surface area (Å²) >= 11 is 0. The fourth-order valence-corrected chi connectivity index (χ4v) is 3.79. The summed E-state index contributed by atoms with van der Waals surface area (Å²) < 4.78 is 0. The highest BCUT2D eigenvalue weighted by Crippen LogP contribution is 2.37. The Bertz CT molecular complexity index is 559. The van der Waals surface area contributed by atoms with Crippen LogP contribution in [0.1, 0.15) is 51.0 Å². The molecule has 2 aromatic carbocycles. The van der Waals surface area contributed by atoms with E-state index in [1.807, 2.05) is 0 Å². The fourth-order valence-electron chi connectivity index (χ4n) is 3.79. The molecule has 1 aliphatic rings. The van der Waals surface area contributed by atoms with Crippen LogP contribution < -0.4 is 5.32 Å². The van der Waals surface area contributed by atoms with Crippen molar-refractivity contribution in [3.05, 3.63) is 48.0 Å². The van der Waals surface area contributed by atoms with E-state index in [1.165, 1.54) is 54.9 Å². The van der Waals surface area contributed by atoms with Gasteiger partial charge in [-0.25, -0.2) is 0 Å².